The van der Waals surface area contributed by atoms with E-state index in [1.807, 2.05) is 6.07 Å². The Kier molecular flexibility index (Phi) is 6.76. The molecule has 27 heavy (non-hydrogen) atoms. The van der Waals surface area contributed by atoms with Crippen molar-refractivity contribution in [1.29, 1.82) is 0 Å². The van der Waals surface area contributed by atoms with Crippen LogP contribution in [0.4, 0.5) is 5.95 Å². The van der Waals surface area contributed by atoms with E-state index in [-0.39, 0.29) is 5.91 Å². The number of anilines is 1. The predicted molar refractivity (Wildman–Crippen MR) is 108 cm³/mol. The summed E-state index contributed by atoms with van der Waals surface area (Å²) in [4.78, 5) is 25.6. The Morgan fingerprint density at radius 2 is 1.74 bits per heavy atom. The van der Waals surface area contributed by atoms with Crippen LogP contribution in [0.1, 0.15) is 36.2 Å². The zero-order valence-corrected chi connectivity index (χ0v) is 16.3. The van der Waals surface area contributed by atoms with Crippen LogP contribution >= 0.6 is 0 Å². The number of nitrogens with one attached hydrogen (secondary N) is 1. The fourth-order valence-corrected chi connectivity index (χ4v) is 3.13. The minimum atomic E-state index is -0.102. The first-order valence-electron chi connectivity index (χ1n) is 9.73. The van der Waals surface area contributed by atoms with E-state index in [0.29, 0.717) is 24.0 Å². The molecule has 1 saturated heterocycles. The first-order chi connectivity index (χ1) is 13.1. The molecule has 0 saturated carbocycles. The van der Waals surface area contributed by atoms with Gasteiger partial charge in [0.1, 0.15) is 0 Å². The summed E-state index contributed by atoms with van der Waals surface area (Å²) in [5.74, 6) is 1.17. The number of carbonyl (C=O) groups excluding carboxylic acids is 1. The van der Waals surface area contributed by atoms with Crippen molar-refractivity contribution in [2.24, 2.45) is 5.92 Å². The van der Waals surface area contributed by atoms with Gasteiger partial charge < -0.3 is 10.2 Å². The number of piperazine rings is 1. The van der Waals surface area contributed by atoms with Gasteiger partial charge in [0.05, 0.1) is 5.56 Å². The SMILES string of the molecule is CC(C)CCNC(=O)c1cnc(N2CCN(Cc3ccccc3)CC2)nc1. The molecule has 6 heteroatoms. The number of rotatable bonds is 7. The lowest BCUT2D eigenvalue weighted by Gasteiger charge is -2.34. The molecule has 1 aliphatic rings. The lowest BCUT2D eigenvalue weighted by molar-refractivity contribution is 0.0951. The molecule has 1 amide bonds. The first kappa shape index (κ1) is 19.3. The number of hydrogen-bond acceptors (Lipinski definition) is 5. The standard InChI is InChI=1S/C21H29N5O/c1-17(2)8-9-22-20(27)19-14-23-21(24-15-19)26-12-10-25(11-13-26)16-18-6-4-3-5-7-18/h3-7,14-15,17H,8-13,16H2,1-2H3,(H,22,27). The molecule has 1 aromatic heterocycles. The molecule has 0 aliphatic carbocycles. The van der Waals surface area contributed by atoms with E-state index < -0.39 is 0 Å². The van der Waals surface area contributed by atoms with Crippen LogP contribution in [0.3, 0.4) is 0 Å². The Hall–Kier alpha value is -2.47. The fraction of sp³-hybridized carbons (Fsp3) is 0.476. The van der Waals surface area contributed by atoms with Crippen molar-refractivity contribution in [2.75, 3.05) is 37.6 Å². The van der Waals surface area contributed by atoms with Crippen molar-refractivity contribution in [3.8, 4) is 0 Å². The molecule has 0 bridgehead atoms. The molecular formula is C21H29N5O. The van der Waals surface area contributed by atoms with Crippen LogP contribution in [-0.4, -0.2) is 53.5 Å². The molecule has 1 N–H and O–H groups in total. The van der Waals surface area contributed by atoms with Crippen LogP contribution in [0.15, 0.2) is 42.7 Å². The van der Waals surface area contributed by atoms with E-state index in [9.17, 15) is 4.79 Å². The summed E-state index contributed by atoms with van der Waals surface area (Å²) >= 11 is 0. The smallest absolute Gasteiger partial charge is 0.254 e. The van der Waals surface area contributed by atoms with Crippen molar-refractivity contribution < 1.29 is 4.79 Å². The Morgan fingerprint density at radius 3 is 2.37 bits per heavy atom. The minimum Gasteiger partial charge on any atom is -0.352 e. The Morgan fingerprint density at radius 1 is 1.07 bits per heavy atom. The highest BCUT2D eigenvalue weighted by atomic mass is 16.1. The third-order valence-corrected chi connectivity index (χ3v) is 4.81. The maximum atomic E-state index is 12.1. The third-order valence-electron chi connectivity index (χ3n) is 4.81. The summed E-state index contributed by atoms with van der Waals surface area (Å²) in [7, 11) is 0. The van der Waals surface area contributed by atoms with E-state index in [2.05, 4.69) is 63.2 Å². The van der Waals surface area contributed by atoms with Crippen LogP contribution in [-0.2, 0) is 6.54 Å². The molecular weight excluding hydrogens is 338 g/mol. The van der Waals surface area contributed by atoms with Gasteiger partial charge in [0.15, 0.2) is 0 Å². The molecule has 1 aliphatic heterocycles. The highest BCUT2D eigenvalue weighted by molar-refractivity contribution is 5.93. The van der Waals surface area contributed by atoms with E-state index in [1.54, 1.807) is 12.4 Å². The molecule has 1 fully saturated rings. The average Bonchev–Trinajstić information content (AvgIpc) is 2.69. The van der Waals surface area contributed by atoms with Crippen LogP contribution < -0.4 is 10.2 Å². The number of hydrogen-bond donors (Lipinski definition) is 1. The second-order valence-electron chi connectivity index (χ2n) is 7.46. The van der Waals surface area contributed by atoms with Crippen LogP contribution in [0.5, 0.6) is 0 Å². The molecule has 6 nitrogen and oxygen atoms in total. The normalized spacial score (nSPS) is 15.1. The van der Waals surface area contributed by atoms with E-state index >= 15 is 0 Å². The lowest BCUT2D eigenvalue weighted by Crippen LogP contribution is -2.46. The van der Waals surface area contributed by atoms with Crippen molar-refractivity contribution >= 4 is 11.9 Å². The van der Waals surface area contributed by atoms with Crippen molar-refractivity contribution in [3.63, 3.8) is 0 Å². The molecule has 2 heterocycles. The van der Waals surface area contributed by atoms with Gasteiger partial charge >= 0.3 is 0 Å². The van der Waals surface area contributed by atoms with E-state index in [4.69, 9.17) is 0 Å². The van der Waals surface area contributed by atoms with Gasteiger partial charge in [-0.1, -0.05) is 44.2 Å². The van der Waals surface area contributed by atoms with Crippen LogP contribution in [0.25, 0.3) is 0 Å². The number of benzene rings is 1. The van der Waals surface area contributed by atoms with E-state index in [1.165, 1.54) is 5.56 Å². The van der Waals surface area contributed by atoms with Crippen molar-refractivity contribution in [1.82, 2.24) is 20.2 Å². The predicted octanol–water partition coefficient (Wildman–Crippen LogP) is 2.57. The molecule has 3 rings (SSSR count). The maximum Gasteiger partial charge on any atom is 0.254 e. The first-order valence-corrected chi connectivity index (χ1v) is 9.73. The summed E-state index contributed by atoms with van der Waals surface area (Å²) < 4.78 is 0. The largest absolute Gasteiger partial charge is 0.352 e. The van der Waals surface area contributed by atoms with E-state index in [0.717, 1.165) is 39.1 Å². The zero-order valence-electron chi connectivity index (χ0n) is 16.3. The van der Waals surface area contributed by atoms with Crippen molar-refractivity contribution in [3.05, 3.63) is 53.9 Å². The third kappa shape index (κ3) is 5.76. The zero-order chi connectivity index (χ0) is 19.1. The van der Waals surface area contributed by atoms with Crippen LogP contribution in [0, 0.1) is 5.92 Å². The number of nitrogens with zero attached hydrogens (tertiary/aromatic N) is 4. The van der Waals surface area contributed by atoms with Gasteiger partial charge in [-0.25, -0.2) is 9.97 Å². The maximum absolute atomic E-state index is 12.1. The second-order valence-corrected chi connectivity index (χ2v) is 7.46. The number of aromatic nitrogens is 2. The molecule has 0 spiro atoms. The Balaban J connectivity index is 1.47. The average molecular weight is 367 g/mol. The summed E-state index contributed by atoms with van der Waals surface area (Å²) in [5, 5.41) is 2.92. The van der Waals surface area contributed by atoms with Gasteiger partial charge in [0, 0.05) is 51.7 Å². The number of carbonyl (C=O) groups is 1. The quantitative estimate of drug-likeness (QED) is 0.815. The fourth-order valence-electron chi connectivity index (χ4n) is 3.13. The highest BCUT2D eigenvalue weighted by Gasteiger charge is 2.19. The topological polar surface area (TPSA) is 61.4 Å². The molecule has 0 radical (unpaired) electrons. The van der Waals surface area contributed by atoms with Gasteiger partial charge in [0.2, 0.25) is 5.95 Å². The van der Waals surface area contributed by atoms with Gasteiger partial charge in [-0.15, -0.1) is 0 Å². The molecule has 0 atom stereocenters. The van der Waals surface area contributed by atoms with Gasteiger partial charge in [-0.3, -0.25) is 9.69 Å². The minimum absolute atomic E-state index is 0.102. The Bertz CT molecular complexity index is 709. The van der Waals surface area contributed by atoms with Gasteiger partial charge in [-0.2, -0.15) is 0 Å². The lowest BCUT2D eigenvalue weighted by atomic mass is 10.1. The molecule has 1 aromatic carbocycles. The van der Waals surface area contributed by atoms with Crippen LogP contribution in [0.2, 0.25) is 0 Å². The number of amides is 1. The Labute approximate surface area is 161 Å². The molecule has 144 valence electrons. The molecule has 0 unspecified atom stereocenters. The van der Waals surface area contributed by atoms with Crippen molar-refractivity contribution in [2.45, 2.75) is 26.8 Å². The summed E-state index contributed by atoms with van der Waals surface area (Å²) in [6.07, 6.45) is 4.23. The van der Waals surface area contributed by atoms with Gasteiger partial charge in [0.25, 0.3) is 5.91 Å². The monoisotopic (exact) mass is 367 g/mol. The van der Waals surface area contributed by atoms with Gasteiger partial charge in [-0.05, 0) is 17.9 Å². The summed E-state index contributed by atoms with van der Waals surface area (Å²) in [6.45, 7) is 9.70. The summed E-state index contributed by atoms with van der Waals surface area (Å²) in [5.41, 5.74) is 1.86. The second kappa shape index (κ2) is 9.46. The summed E-state index contributed by atoms with van der Waals surface area (Å²) in [6, 6.07) is 10.5. The highest BCUT2D eigenvalue weighted by Crippen LogP contribution is 2.13. The molecule has 2 aromatic rings.